The number of carbonyl (C=O) groups is 1. The highest BCUT2D eigenvalue weighted by molar-refractivity contribution is 5.87. The summed E-state index contributed by atoms with van der Waals surface area (Å²) in [5.74, 6) is -0.359. The van der Waals surface area contributed by atoms with Gasteiger partial charge < -0.3 is 9.84 Å². The molecule has 0 radical (unpaired) electrons. The summed E-state index contributed by atoms with van der Waals surface area (Å²) in [7, 11) is 0. The minimum Gasteiger partial charge on any atom is -0.490 e. The Morgan fingerprint density at radius 3 is 2.65 bits per heavy atom. The van der Waals surface area contributed by atoms with E-state index in [1.54, 1.807) is 18.2 Å². The van der Waals surface area contributed by atoms with Crippen molar-refractivity contribution in [3.63, 3.8) is 0 Å². The van der Waals surface area contributed by atoms with Crippen LogP contribution in [-0.4, -0.2) is 17.7 Å². The summed E-state index contributed by atoms with van der Waals surface area (Å²) in [5, 5.41) is 8.89. The Kier molecular flexibility index (Phi) is 6.57. The Morgan fingerprint density at radius 2 is 2.00 bits per heavy atom. The molecule has 0 bridgehead atoms. The maximum absolute atomic E-state index is 10.8. The molecular formula is C17H22O3. The van der Waals surface area contributed by atoms with Crippen LogP contribution in [0.3, 0.4) is 0 Å². The van der Waals surface area contributed by atoms with Crippen LogP contribution in [0.5, 0.6) is 5.75 Å². The van der Waals surface area contributed by atoms with Crippen LogP contribution in [0.1, 0.15) is 44.0 Å². The lowest BCUT2D eigenvalue weighted by Crippen LogP contribution is -1.99. The largest absolute Gasteiger partial charge is 0.490 e. The van der Waals surface area contributed by atoms with E-state index in [0.717, 1.165) is 12.8 Å². The van der Waals surface area contributed by atoms with E-state index in [1.165, 1.54) is 17.2 Å². The number of benzene rings is 1. The van der Waals surface area contributed by atoms with E-state index >= 15 is 0 Å². The first-order chi connectivity index (χ1) is 9.49. The highest BCUT2D eigenvalue weighted by Gasteiger charge is 2.03. The zero-order valence-electron chi connectivity index (χ0n) is 12.3. The van der Waals surface area contributed by atoms with Gasteiger partial charge in [0.1, 0.15) is 12.4 Å². The van der Waals surface area contributed by atoms with Crippen LogP contribution in [0.15, 0.2) is 47.6 Å². The lowest BCUT2D eigenvalue weighted by atomic mass is 10.1. The van der Waals surface area contributed by atoms with Gasteiger partial charge in [-0.3, -0.25) is 0 Å². The van der Waals surface area contributed by atoms with Crippen molar-refractivity contribution in [1.82, 2.24) is 0 Å². The van der Waals surface area contributed by atoms with Crippen molar-refractivity contribution in [3.8, 4) is 5.75 Å². The lowest BCUT2D eigenvalue weighted by molar-refractivity contribution is 0.0696. The molecule has 0 fully saturated rings. The lowest BCUT2D eigenvalue weighted by Gasteiger charge is -2.05. The topological polar surface area (TPSA) is 46.5 Å². The predicted octanol–water partition coefficient (Wildman–Crippen LogP) is 4.46. The van der Waals surface area contributed by atoms with Gasteiger partial charge in [0, 0.05) is 0 Å². The standard InChI is InChI=1S/C17H22O3/c1-13(2)6-4-7-14(3)10-11-20-16-9-5-8-15(12-16)17(18)19/h5-6,8-10,12H,4,7,11H2,1-3H3,(H,18,19). The molecule has 3 heteroatoms. The fourth-order valence-electron chi connectivity index (χ4n) is 1.69. The van der Waals surface area contributed by atoms with Gasteiger partial charge in [0.15, 0.2) is 0 Å². The van der Waals surface area contributed by atoms with Crippen molar-refractivity contribution in [2.45, 2.75) is 33.6 Å². The molecule has 0 unspecified atom stereocenters. The number of carboxylic acid groups (broad SMARTS) is 1. The average molecular weight is 274 g/mol. The Hall–Kier alpha value is -2.03. The third-order valence-corrected chi connectivity index (χ3v) is 2.85. The van der Waals surface area contributed by atoms with Crippen molar-refractivity contribution in [2.75, 3.05) is 6.61 Å². The van der Waals surface area contributed by atoms with Crippen molar-refractivity contribution in [3.05, 3.63) is 53.1 Å². The molecule has 0 aliphatic carbocycles. The number of aromatic carboxylic acids is 1. The number of hydrogen-bond acceptors (Lipinski definition) is 2. The van der Waals surface area contributed by atoms with Gasteiger partial charge in [0.05, 0.1) is 5.56 Å². The molecule has 108 valence electrons. The van der Waals surface area contributed by atoms with Crippen molar-refractivity contribution < 1.29 is 14.6 Å². The van der Waals surface area contributed by atoms with Crippen LogP contribution in [-0.2, 0) is 0 Å². The Morgan fingerprint density at radius 1 is 1.25 bits per heavy atom. The second-order valence-electron chi connectivity index (χ2n) is 5.01. The number of allylic oxidation sites excluding steroid dienone is 3. The number of ether oxygens (including phenoxy) is 1. The van der Waals surface area contributed by atoms with Crippen molar-refractivity contribution in [1.29, 1.82) is 0 Å². The monoisotopic (exact) mass is 274 g/mol. The minimum absolute atomic E-state index is 0.242. The van der Waals surface area contributed by atoms with Crippen LogP contribution >= 0.6 is 0 Å². The van der Waals surface area contributed by atoms with Crippen LogP contribution < -0.4 is 4.74 Å². The van der Waals surface area contributed by atoms with E-state index in [1.807, 2.05) is 6.08 Å². The van der Waals surface area contributed by atoms with Gasteiger partial charge in [-0.2, -0.15) is 0 Å². The van der Waals surface area contributed by atoms with Gasteiger partial charge in [0.2, 0.25) is 0 Å². The second kappa shape index (κ2) is 8.20. The summed E-state index contributed by atoms with van der Waals surface area (Å²) >= 11 is 0. The van der Waals surface area contributed by atoms with E-state index in [-0.39, 0.29) is 5.56 Å². The maximum atomic E-state index is 10.8. The molecular weight excluding hydrogens is 252 g/mol. The number of rotatable bonds is 7. The SMILES string of the molecule is CC(C)=CCCC(C)=CCOc1cccc(C(=O)O)c1. The first-order valence-corrected chi connectivity index (χ1v) is 6.74. The molecule has 1 aromatic carbocycles. The third kappa shape index (κ3) is 6.23. The van der Waals surface area contributed by atoms with Gasteiger partial charge in [-0.25, -0.2) is 4.79 Å². The number of carboxylic acids is 1. The molecule has 0 spiro atoms. The van der Waals surface area contributed by atoms with E-state index in [0.29, 0.717) is 12.4 Å². The summed E-state index contributed by atoms with van der Waals surface area (Å²) in [5.41, 5.74) is 2.85. The molecule has 1 aromatic rings. The molecule has 20 heavy (non-hydrogen) atoms. The van der Waals surface area contributed by atoms with Crippen LogP contribution in [0.2, 0.25) is 0 Å². The fraction of sp³-hybridized carbons (Fsp3) is 0.353. The van der Waals surface area contributed by atoms with E-state index in [2.05, 4.69) is 26.8 Å². The third-order valence-electron chi connectivity index (χ3n) is 2.85. The minimum atomic E-state index is -0.941. The molecule has 0 atom stereocenters. The Balaban J connectivity index is 2.45. The van der Waals surface area contributed by atoms with Gasteiger partial charge in [-0.15, -0.1) is 0 Å². The molecule has 1 rings (SSSR count). The van der Waals surface area contributed by atoms with E-state index in [9.17, 15) is 4.79 Å². The molecule has 0 saturated heterocycles. The normalized spacial score (nSPS) is 11.1. The Labute approximate surface area is 120 Å². The van der Waals surface area contributed by atoms with Crippen LogP contribution in [0.4, 0.5) is 0 Å². The zero-order valence-corrected chi connectivity index (χ0v) is 12.3. The average Bonchev–Trinajstić information content (AvgIpc) is 2.38. The summed E-state index contributed by atoms with van der Waals surface area (Å²) in [6, 6.07) is 6.54. The first kappa shape index (κ1) is 16.0. The second-order valence-corrected chi connectivity index (χ2v) is 5.01. The zero-order chi connectivity index (χ0) is 15.0. The summed E-state index contributed by atoms with van der Waals surface area (Å²) in [6.45, 7) is 6.73. The molecule has 0 aliphatic rings. The molecule has 0 aliphatic heterocycles. The van der Waals surface area contributed by atoms with Crippen LogP contribution in [0.25, 0.3) is 0 Å². The van der Waals surface area contributed by atoms with E-state index < -0.39 is 5.97 Å². The van der Waals surface area contributed by atoms with Gasteiger partial charge >= 0.3 is 5.97 Å². The summed E-state index contributed by atoms with van der Waals surface area (Å²) in [6.07, 6.45) is 6.31. The molecule has 1 N–H and O–H groups in total. The van der Waals surface area contributed by atoms with E-state index in [4.69, 9.17) is 9.84 Å². The van der Waals surface area contributed by atoms with Gasteiger partial charge in [-0.05, 0) is 57.9 Å². The molecule has 3 nitrogen and oxygen atoms in total. The summed E-state index contributed by atoms with van der Waals surface area (Å²) in [4.78, 5) is 10.8. The molecule has 0 saturated carbocycles. The maximum Gasteiger partial charge on any atom is 0.335 e. The Bertz CT molecular complexity index is 509. The van der Waals surface area contributed by atoms with Crippen molar-refractivity contribution in [2.24, 2.45) is 0 Å². The quantitative estimate of drug-likeness (QED) is 0.747. The highest BCUT2D eigenvalue weighted by Crippen LogP contribution is 2.14. The number of hydrogen-bond donors (Lipinski definition) is 1. The van der Waals surface area contributed by atoms with Gasteiger partial charge in [0.25, 0.3) is 0 Å². The van der Waals surface area contributed by atoms with Crippen LogP contribution in [0, 0.1) is 0 Å². The highest BCUT2D eigenvalue weighted by atomic mass is 16.5. The smallest absolute Gasteiger partial charge is 0.335 e. The predicted molar refractivity (Wildman–Crippen MR) is 81.3 cm³/mol. The molecule has 0 aromatic heterocycles. The molecule has 0 heterocycles. The fourth-order valence-corrected chi connectivity index (χ4v) is 1.69. The first-order valence-electron chi connectivity index (χ1n) is 6.74. The van der Waals surface area contributed by atoms with Crippen molar-refractivity contribution >= 4 is 5.97 Å². The molecule has 0 amide bonds. The summed E-state index contributed by atoms with van der Waals surface area (Å²) < 4.78 is 5.54. The van der Waals surface area contributed by atoms with Gasteiger partial charge in [-0.1, -0.05) is 23.3 Å².